The van der Waals surface area contributed by atoms with Gasteiger partial charge in [-0.05, 0) is 51.9 Å². The van der Waals surface area contributed by atoms with Crippen LogP contribution in [0.1, 0.15) is 16.7 Å². The number of aliphatic imine (C=N–C) groups is 1. The largest absolute Gasteiger partial charge is 0.493 e. The maximum atomic E-state index is 10.1. The Bertz CT molecular complexity index is 1680. The molecule has 5 aromatic rings. The molecule has 39 heavy (non-hydrogen) atoms. The van der Waals surface area contributed by atoms with Crippen molar-refractivity contribution in [1.82, 2.24) is 0 Å². The molecule has 0 saturated carbocycles. The smallest absolute Gasteiger partial charge is 0.238 e. The normalized spacial score (nSPS) is 10.9. The van der Waals surface area contributed by atoms with Crippen molar-refractivity contribution in [2.24, 2.45) is 4.99 Å². The first-order chi connectivity index (χ1) is 19.1. The third-order valence-corrected chi connectivity index (χ3v) is 7.18. The van der Waals surface area contributed by atoms with Crippen LogP contribution in [0.25, 0.3) is 22.5 Å². The quantitative estimate of drug-likeness (QED) is 0.125. The molecular formula is C32H22ClIN2O3. The topological polar surface area (TPSA) is 67.8 Å². The zero-order valence-corrected chi connectivity index (χ0v) is 23.8. The minimum Gasteiger partial charge on any atom is -0.493 e. The lowest BCUT2D eigenvalue weighted by Gasteiger charge is -2.14. The second kappa shape index (κ2) is 12.2. The van der Waals surface area contributed by atoms with Gasteiger partial charge in [-0.25, -0.2) is 4.99 Å². The highest BCUT2D eigenvalue weighted by molar-refractivity contribution is 14.1. The van der Waals surface area contributed by atoms with Crippen LogP contribution in [0.5, 0.6) is 11.5 Å². The molecule has 0 aliphatic carbocycles. The molecule has 0 radical (unpaired) electrons. The Hall–Kier alpha value is -4.06. The minimum atomic E-state index is 0.239. The van der Waals surface area contributed by atoms with Gasteiger partial charge in [0.25, 0.3) is 0 Å². The second-order valence-electron chi connectivity index (χ2n) is 8.50. The van der Waals surface area contributed by atoms with Gasteiger partial charge in [-0.1, -0.05) is 90.5 Å². The molecule has 0 unspecified atom stereocenters. The zero-order chi connectivity index (χ0) is 27.2. The molecule has 0 atom stereocenters. The molecule has 5 nitrogen and oxygen atoms in total. The van der Waals surface area contributed by atoms with Gasteiger partial charge in [0.15, 0.2) is 11.5 Å². The summed E-state index contributed by atoms with van der Waals surface area (Å²) < 4.78 is 18.8. The lowest BCUT2D eigenvalue weighted by molar-refractivity contribution is 0.282. The van der Waals surface area contributed by atoms with Crippen LogP contribution in [0.3, 0.4) is 0 Å². The van der Waals surface area contributed by atoms with Crippen LogP contribution in [-0.4, -0.2) is 13.3 Å². The SMILES string of the molecule is COc1cc(C=Nc2oc(-c3ccccc3)c(-c3ccccc3)c2C#N)cc(I)c1OCc1ccccc1Cl. The summed E-state index contributed by atoms with van der Waals surface area (Å²) in [4.78, 5) is 4.60. The zero-order valence-electron chi connectivity index (χ0n) is 20.9. The van der Waals surface area contributed by atoms with E-state index in [9.17, 15) is 5.26 Å². The van der Waals surface area contributed by atoms with Crippen molar-refractivity contribution in [1.29, 1.82) is 5.26 Å². The Labute approximate surface area is 245 Å². The average Bonchev–Trinajstić information content (AvgIpc) is 3.35. The summed E-state index contributed by atoms with van der Waals surface area (Å²) >= 11 is 8.49. The first kappa shape index (κ1) is 26.5. The van der Waals surface area contributed by atoms with Crippen molar-refractivity contribution in [3.8, 4) is 40.0 Å². The summed E-state index contributed by atoms with van der Waals surface area (Å²) in [7, 11) is 1.59. The standard InChI is InChI=1S/C32H22ClIN2O3/c1-37-28-17-21(16-27(34)31(28)38-20-24-14-8-9-15-26(24)33)19-36-32-25(18-35)29(22-10-4-2-5-11-22)30(39-32)23-12-6-3-7-13-23/h2-17,19H,20H2,1H3. The lowest BCUT2D eigenvalue weighted by Crippen LogP contribution is -2.01. The molecule has 0 fully saturated rings. The van der Waals surface area contributed by atoms with Crippen molar-refractivity contribution in [2.75, 3.05) is 7.11 Å². The van der Waals surface area contributed by atoms with Crippen LogP contribution < -0.4 is 9.47 Å². The summed E-state index contributed by atoms with van der Waals surface area (Å²) in [6.07, 6.45) is 1.66. The number of nitrogens with zero attached hydrogens (tertiary/aromatic N) is 2. The molecule has 4 aromatic carbocycles. The fourth-order valence-electron chi connectivity index (χ4n) is 4.14. The molecule has 0 aliphatic rings. The Morgan fingerprint density at radius 2 is 1.62 bits per heavy atom. The molecular weight excluding hydrogens is 623 g/mol. The number of hydrogen-bond donors (Lipinski definition) is 0. The van der Waals surface area contributed by atoms with Gasteiger partial charge in [0.2, 0.25) is 5.88 Å². The number of halogens is 2. The maximum Gasteiger partial charge on any atom is 0.238 e. The molecule has 0 amide bonds. The molecule has 0 spiro atoms. The Morgan fingerprint density at radius 1 is 0.949 bits per heavy atom. The number of furan rings is 1. The van der Waals surface area contributed by atoms with E-state index in [1.165, 1.54) is 0 Å². The monoisotopic (exact) mass is 644 g/mol. The second-order valence-corrected chi connectivity index (χ2v) is 10.1. The van der Waals surface area contributed by atoms with Gasteiger partial charge < -0.3 is 13.9 Å². The van der Waals surface area contributed by atoms with Crippen molar-refractivity contribution in [3.63, 3.8) is 0 Å². The molecule has 7 heteroatoms. The van der Waals surface area contributed by atoms with Gasteiger partial charge in [0.05, 0.1) is 10.7 Å². The number of benzene rings is 4. The van der Waals surface area contributed by atoms with Crippen molar-refractivity contribution in [2.45, 2.75) is 6.61 Å². The van der Waals surface area contributed by atoms with Gasteiger partial charge in [-0.15, -0.1) is 0 Å². The third-order valence-electron chi connectivity index (χ3n) is 6.01. The van der Waals surface area contributed by atoms with Crippen molar-refractivity contribution >= 4 is 46.3 Å². The Morgan fingerprint density at radius 3 is 2.28 bits per heavy atom. The lowest BCUT2D eigenvalue weighted by atomic mass is 9.98. The predicted octanol–water partition coefficient (Wildman–Crippen LogP) is 9.08. The van der Waals surface area contributed by atoms with E-state index in [1.54, 1.807) is 13.3 Å². The molecule has 0 bridgehead atoms. The summed E-state index contributed by atoms with van der Waals surface area (Å²) in [5.74, 6) is 2.01. The Kier molecular flexibility index (Phi) is 8.30. The number of hydrogen-bond acceptors (Lipinski definition) is 5. The van der Waals surface area contributed by atoms with Gasteiger partial charge in [0, 0.05) is 27.9 Å². The summed E-state index contributed by atoms with van der Waals surface area (Å²) in [5.41, 5.74) is 4.49. The van der Waals surface area contributed by atoms with Crippen LogP contribution in [0.4, 0.5) is 5.88 Å². The first-order valence-electron chi connectivity index (χ1n) is 12.0. The fourth-order valence-corrected chi connectivity index (χ4v) is 5.11. The third kappa shape index (κ3) is 5.85. The molecule has 0 N–H and O–H groups in total. The molecule has 0 saturated heterocycles. The Balaban J connectivity index is 1.50. The van der Waals surface area contributed by atoms with E-state index in [4.69, 9.17) is 25.5 Å². The highest BCUT2D eigenvalue weighted by Crippen LogP contribution is 2.42. The van der Waals surface area contributed by atoms with Gasteiger partial charge in [-0.3, -0.25) is 0 Å². The minimum absolute atomic E-state index is 0.239. The molecule has 1 heterocycles. The summed E-state index contributed by atoms with van der Waals surface area (Å²) in [6, 6.07) is 33.1. The van der Waals surface area contributed by atoms with Crippen LogP contribution in [0.2, 0.25) is 5.02 Å². The van der Waals surface area contributed by atoms with E-state index in [2.05, 4.69) is 33.7 Å². The number of ether oxygens (including phenoxy) is 2. The highest BCUT2D eigenvalue weighted by Gasteiger charge is 2.22. The van der Waals surface area contributed by atoms with E-state index in [1.807, 2.05) is 97.1 Å². The number of rotatable bonds is 8. The van der Waals surface area contributed by atoms with Crippen molar-refractivity contribution < 1.29 is 13.9 Å². The number of methoxy groups -OCH3 is 1. The van der Waals surface area contributed by atoms with Gasteiger partial charge in [0.1, 0.15) is 24.0 Å². The van der Waals surface area contributed by atoms with Crippen LogP contribution in [0.15, 0.2) is 106 Å². The fraction of sp³-hybridized carbons (Fsp3) is 0.0625. The van der Waals surface area contributed by atoms with Crippen LogP contribution in [-0.2, 0) is 6.61 Å². The average molecular weight is 645 g/mol. The summed E-state index contributed by atoms with van der Waals surface area (Å²) in [5, 5.41) is 10.8. The highest BCUT2D eigenvalue weighted by atomic mass is 127. The molecule has 192 valence electrons. The van der Waals surface area contributed by atoms with E-state index in [-0.39, 0.29) is 5.88 Å². The maximum absolute atomic E-state index is 10.1. The molecule has 5 rings (SSSR count). The van der Waals surface area contributed by atoms with Crippen LogP contribution in [0, 0.1) is 14.9 Å². The van der Waals surface area contributed by atoms with Gasteiger partial charge in [-0.2, -0.15) is 5.26 Å². The predicted molar refractivity (Wildman–Crippen MR) is 163 cm³/mol. The summed E-state index contributed by atoms with van der Waals surface area (Å²) in [6.45, 7) is 0.307. The van der Waals surface area contributed by atoms with E-state index in [0.717, 1.165) is 25.8 Å². The molecule has 0 aliphatic heterocycles. The van der Waals surface area contributed by atoms with E-state index < -0.39 is 0 Å². The number of nitriles is 1. The first-order valence-corrected chi connectivity index (χ1v) is 13.5. The van der Waals surface area contributed by atoms with E-state index in [0.29, 0.717) is 40.0 Å². The molecule has 1 aromatic heterocycles. The van der Waals surface area contributed by atoms with Crippen LogP contribution >= 0.6 is 34.2 Å². The van der Waals surface area contributed by atoms with E-state index >= 15 is 0 Å². The van der Waals surface area contributed by atoms with Gasteiger partial charge >= 0.3 is 0 Å². The van der Waals surface area contributed by atoms with Crippen molar-refractivity contribution in [3.05, 3.63) is 122 Å².